The highest BCUT2D eigenvalue weighted by molar-refractivity contribution is 6.08. The number of carbonyl (C=O) groups is 4. The van der Waals surface area contributed by atoms with Gasteiger partial charge in [-0.25, -0.2) is 9.37 Å². The highest BCUT2D eigenvalue weighted by Crippen LogP contribution is 2.23. The molecule has 2 N–H and O–H groups in total. The monoisotopic (exact) mass is 346 g/mol. The molecule has 0 bridgehead atoms. The first kappa shape index (κ1) is 16.7. The van der Waals surface area contributed by atoms with Crippen LogP contribution in [0.15, 0.2) is 12.1 Å². The normalized spacial score (nSPS) is 17.4. The molecule has 9 heteroatoms. The Kier molecular flexibility index (Phi) is 4.30. The second-order valence-electron chi connectivity index (χ2n) is 5.70. The van der Waals surface area contributed by atoms with Gasteiger partial charge in [0.1, 0.15) is 35.0 Å². The molecule has 3 rings (SSSR count). The second-order valence-corrected chi connectivity index (χ2v) is 5.70. The molecule has 2 aromatic rings. The summed E-state index contributed by atoms with van der Waals surface area (Å²) in [6.07, 6.45) is 0.920. The van der Waals surface area contributed by atoms with E-state index in [-0.39, 0.29) is 30.5 Å². The van der Waals surface area contributed by atoms with Gasteiger partial charge in [0.15, 0.2) is 0 Å². The zero-order chi connectivity index (χ0) is 18.1. The third kappa shape index (κ3) is 3.00. The van der Waals surface area contributed by atoms with Crippen molar-refractivity contribution in [2.75, 3.05) is 0 Å². The zero-order valence-corrected chi connectivity index (χ0v) is 13.3. The van der Waals surface area contributed by atoms with Crippen molar-refractivity contribution in [3.05, 3.63) is 29.3 Å². The maximum absolute atomic E-state index is 14.3. The number of nitrogens with zero attached hydrogens (tertiary/aromatic N) is 2. The molecule has 0 saturated carbocycles. The summed E-state index contributed by atoms with van der Waals surface area (Å²) in [4.78, 5) is 50.4. The lowest BCUT2D eigenvalue weighted by Gasteiger charge is -2.21. The molecule has 1 saturated heterocycles. The molecule has 1 aliphatic rings. The summed E-state index contributed by atoms with van der Waals surface area (Å²) in [5.41, 5.74) is 0.263. The van der Waals surface area contributed by atoms with E-state index in [1.54, 1.807) is 11.5 Å². The number of amides is 3. The minimum atomic E-state index is -0.919. The molecule has 130 valence electrons. The van der Waals surface area contributed by atoms with Crippen LogP contribution < -0.4 is 10.6 Å². The third-order valence-corrected chi connectivity index (χ3v) is 4.09. The largest absolute Gasteiger partial charge is 0.340 e. The van der Waals surface area contributed by atoms with Gasteiger partial charge in [-0.2, -0.15) is 0 Å². The van der Waals surface area contributed by atoms with E-state index in [0.29, 0.717) is 17.6 Å². The number of rotatable bonds is 4. The van der Waals surface area contributed by atoms with E-state index in [9.17, 15) is 23.6 Å². The number of carbonyl (C=O) groups excluding carboxylic acids is 4. The maximum atomic E-state index is 14.3. The Labute approximate surface area is 141 Å². The average molecular weight is 346 g/mol. The van der Waals surface area contributed by atoms with Crippen LogP contribution in [-0.2, 0) is 20.9 Å². The number of hydrogen-bond donors (Lipinski definition) is 2. The third-order valence-electron chi connectivity index (χ3n) is 4.09. The summed E-state index contributed by atoms with van der Waals surface area (Å²) in [6, 6.07) is 1.64. The van der Waals surface area contributed by atoms with Crippen molar-refractivity contribution in [3.63, 3.8) is 0 Å². The Morgan fingerprint density at radius 3 is 2.92 bits per heavy atom. The van der Waals surface area contributed by atoms with Gasteiger partial charge in [0.25, 0.3) is 5.91 Å². The number of piperidine rings is 1. The summed E-state index contributed by atoms with van der Waals surface area (Å²) in [5.74, 6) is -2.16. The summed E-state index contributed by atoms with van der Waals surface area (Å²) < 4.78 is 15.8. The van der Waals surface area contributed by atoms with Gasteiger partial charge < -0.3 is 14.7 Å². The van der Waals surface area contributed by atoms with Crippen molar-refractivity contribution in [3.8, 4) is 0 Å². The molecule has 1 fully saturated rings. The quantitative estimate of drug-likeness (QED) is 0.608. The Morgan fingerprint density at radius 2 is 2.24 bits per heavy atom. The standard InChI is InChI=1S/C16H15FN4O4/c1-8-18-14-11(21(8)6-7-22)4-2-9(17)13(14)16(25)19-10-3-5-12(23)20-15(10)24/h2,4,7,10H,3,5-6H2,1H3,(H,19,25)(H,20,23,24). The van der Waals surface area contributed by atoms with E-state index in [1.807, 2.05) is 0 Å². The number of aldehydes is 1. The molecule has 0 aliphatic carbocycles. The first-order chi connectivity index (χ1) is 11.9. The fourth-order valence-corrected chi connectivity index (χ4v) is 2.87. The second kappa shape index (κ2) is 6.42. The van der Waals surface area contributed by atoms with Crippen LogP contribution in [0.4, 0.5) is 4.39 Å². The molecule has 1 aliphatic heterocycles. The van der Waals surface area contributed by atoms with Crippen LogP contribution in [0.1, 0.15) is 29.0 Å². The first-order valence-electron chi connectivity index (χ1n) is 7.66. The Balaban J connectivity index is 1.97. The van der Waals surface area contributed by atoms with Gasteiger partial charge in [-0.1, -0.05) is 0 Å². The number of aryl methyl sites for hydroxylation is 1. The van der Waals surface area contributed by atoms with E-state index in [0.717, 1.165) is 6.07 Å². The highest BCUT2D eigenvalue weighted by Gasteiger charge is 2.30. The van der Waals surface area contributed by atoms with E-state index in [1.165, 1.54) is 6.07 Å². The fourth-order valence-electron chi connectivity index (χ4n) is 2.87. The molecule has 1 unspecified atom stereocenters. The Bertz CT molecular complexity index is 905. The summed E-state index contributed by atoms with van der Waals surface area (Å²) in [5, 5.41) is 4.56. The van der Waals surface area contributed by atoms with E-state index in [4.69, 9.17) is 0 Å². The lowest BCUT2D eigenvalue weighted by molar-refractivity contribution is -0.134. The van der Waals surface area contributed by atoms with Gasteiger partial charge >= 0.3 is 0 Å². The van der Waals surface area contributed by atoms with Gasteiger partial charge in [-0.05, 0) is 25.5 Å². The molecule has 1 atom stereocenters. The van der Waals surface area contributed by atoms with Crippen molar-refractivity contribution in [2.24, 2.45) is 0 Å². The average Bonchev–Trinajstić information content (AvgIpc) is 2.86. The van der Waals surface area contributed by atoms with Crippen LogP contribution in [0.3, 0.4) is 0 Å². The van der Waals surface area contributed by atoms with Crippen molar-refractivity contribution in [1.82, 2.24) is 20.2 Å². The van der Waals surface area contributed by atoms with Crippen LogP contribution in [0.2, 0.25) is 0 Å². The number of nitrogens with one attached hydrogen (secondary N) is 2. The van der Waals surface area contributed by atoms with Crippen molar-refractivity contribution < 1.29 is 23.6 Å². The van der Waals surface area contributed by atoms with Gasteiger partial charge in [-0.3, -0.25) is 19.7 Å². The molecule has 8 nitrogen and oxygen atoms in total. The molecular formula is C16H15FN4O4. The first-order valence-corrected chi connectivity index (χ1v) is 7.66. The summed E-state index contributed by atoms with van der Waals surface area (Å²) in [6.45, 7) is 1.67. The molecular weight excluding hydrogens is 331 g/mol. The number of benzene rings is 1. The van der Waals surface area contributed by atoms with Crippen LogP contribution in [0, 0.1) is 12.7 Å². The van der Waals surface area contributed by atoms with Crippen molar-refractivity contribution >= 4 is 35.0 Å². The Hall–Kier alpha value is -3.10. The highest BCUT2D eigenvalue weighted by atomic mass is 19.1. The topological polar surface area (TPSA) is 110 Å². The lowest BCUT2D eigenvalue weighted by Crippen LogP contribution is -2.52. The van der Waals surface area contributed by atoms with Gasteiger partial charge in [0, 0.05) is 6.42 Å². The van der Waals surface area contributed by atoms with Crippen LogP contribution in [0.25, 0.3) is 11.0 Å². The fraction of sp³-hybridized carbons (Fsp3) is 0.312. The van der Waals surface area contributed by atoms with Crippen LogP contribution in [-0.4, -0.2) is 39.6 Å². The van der Waals surface area contributed by atoms with E-state index in [2.05, 4.69) is 15.6 Å². The molecule has 1 aromatic carbocycles. The number of imide groups is 1. The smallest absolute Gasteiger partial charge is 0.257 e. The number of aromatic nitrogens is 2. The van der Waals surface area contributed by atoms with Gasteiger partial charge in [-0.15, -0.1) is 0 Å². The van der Waals surface area contributed by atoms with Crippen LogP contribution >= 0.6 is 0 Å². The molecule has 0 spiro atoms. The van der Waals surface area contributed by atoms with Crippen molar-refractivity contribution in [2.45, 2.75) is 32.4 Å². The van der Waals surface area contributed by atoms with Crippen molar-refractivity contribution in [1.29, 1.82) is 0 Å². The minimum Gasteiger partial charge on any atom is -0.340 e. The van der Waals surface area contributed by atoms with Crippen LogP contribution in [0.5, 0.6) is 0 Å². The molecule has 1 aromatic heterocycles. The number of halogens is 1. The molecule has 25 heavy (non-hydrogen) atoms. The minimum absolute atomic E-state index is 0.0299. The maximum Gasteiger partial charge on any atom is 0.257 e. The predicted molar refractivity (Wildman–Crippen MR) is 84.1 cm³/mol. The lowest BCUT2D eigenvalue weighted by atomic mass is 10.0. The summed E-state index contributed by atoms with van der Waals surface area (Å²) in [7, 11) is 0. The molecule has 2 heterocycles. The Morgan fingerprint density at radius 1 is 1.48 bits per heavy atom. The number of imidazole rings is 1. The molecule has 3 amide bonds. The molecule has 0 radical (unpaired) electrons. The van der Waals surface area contributed by atoms with Gasteiger partial charge in [0.05, 0.1) is 12.1 Å². The SMILES string of the molecule is Cc1nc2c(C(=O)NC3CCC(=O)NC3=O)c(F)ccc2n1CC=O. The number of fused-ring (bicyclic) bond motifs is 1. The predicted octanol–water partition coefficient (Wildman–Crippen LogP) is 0.218. The van der Waals surface area contributed by atoms with E-state index < -0.39 is 29.6 Å². The zero-order valence-electron chi connectivity index (χ0n) is 13.3. The van der Waals surface area contributed by atoms with E-state index >= 15 is 0 Å². The summed E-state index contributed by atoms with van der Waals surface area (Å²) >= 11 is 0. The van der Waals surface area contributed by atoms with Gasteiger partial charge in [0.2, 0.25) is 11.8 Å². The number of hydrogen-bond acceptors (Lipinski definition) is 5.